The van der Waals surface area contributed by atoms with Crippen LogP contribution in [-0.4, -0.2) is 53.2 Å². The maximum Gasteiger partial charge on any atom is 0.245 e. The fourth-order valence-electron chi connectivity index (χ4n) is 3.49. The summed E-state index contributed by atoms with van der Waals surface area (Å²) in [4.78, 5) is 49.9. The second-order valence-electron chi connectivity index (χ2n) is 7.30. The van der Waals surface area contributed by atoms with Crippen molar-refractivity contribution in [3.05, 3.63) is 0 Å². The smallest absolute Gasteiger partial charge is 0.245 e. The van der Waals surface area contributed by atoms with Gasteiger partial charge in [-0.25, -0.2) is 0 Å². The van der Waals surface area contributed by atoms with Crippen molar-refractivity contribution >= 4 is 23.6 Å². The van der Waals surface area contributed by atoms with Gasteiger partial charge in [0.05, 0.1) is 0 Å². The van der Waals surface area contributed by atoms with Gasteiger partial charge < -0.3 is 21.3 Å². The van der Waals surface area contributed by atoms with E-state index >= 15 is 0 Å². The number of hydrogen-bond donors (Lipinski definition) is 3. The lowest BCUT2D eigenvalue weighted by Crippen LogP contribution is -2.57. The third-order valence-corrected chi connectivity index (χ3v) is 4.73. The first-order valence-electron chi connectivity index (χ1n) is 8.99. The molecule has 0 aromatic heterocycles. The minimum atomic E-state index is -0.716. The molecule has 0 aromatic rings. The summed E-state index contributed by atoms with van der Waals surface area (Å²) >= 11 is 0. The fraction of sp³-hybridized carbons (Fsp3) is 0.765. The molecule has 0 aliphatic carbocycles. The maximum absolute atomic E-state index is 12.9. The van der Waals surface area contributed by atoms with Gasteiger partial charge in [0, 0.05) is 13.0 Å². The van der Waals surface area contributed by atoms with Crippen molar-refractivity contribution in [2.45, 2.75) is 70.5 Å². The van der Waals surface area contributed by atoms with Crippen LogP contribution >= 0.6 is 0 Å². The third-order valence-electron chi connectivity index (χ3n) is 4.73. The molecule has 25 heavy (non-hydrogen) atoms. The number of nitrogens with two attached hydrogens (primary N) is 1. The monoisotopic (exact) mass is 352 g/mol. The molecule has 140 valence electrons. The summed E-state index contributed by atoms with van der Waals surface area (Å²) in [5.41, 5.74) is 5.39. The van der Waals surface area contributed by atoms with Crippen molar-refractivity contribution in [3.8, 4) is 0 Å². The molecule has 0 saturated carbocycles. The van der Waals surface area contributed by atoms with E-state index in [2.05, 4.69) is 10.6 Å². The van der Waals surface area contributed by atoms with Crippen LogP contribution in [0, 0.1) is 5.92 Å². The standard InChI is InChI=1S/C17H28N4O4/c1-10(2)9-12(17(25)21-8-4-6-13(21)15(18)23)20-16(24)11-5-3-7-14(22)19-11/h10-13H,3-9H2,1-2H3,(H2,18,23)(H,19,22)(H,20,24)/t11-,12-,13-/m0/s1. The molecule has 0 bridgehead atoms. The SMILES string of the molecule is CC(C)C[C@H](NC(=O)[C@@H]1CCCC(=O)N1)C(=O)N1CCC[C@H]1C(N)=O. The van der Waals surface area contributed by atoms with Crippen molar-refractivity contribution in [1.29, 1.82) is 0 Å². The Bertz CT molecular complexity index is 549. The summed E-state index contributed by atoms with van der Waals surface area (Å²) in [6.45, 7) is 4.39. The van der Waals surface area contributed by atoms with Crippen LogP contribution in [0.25, 0.3) is 0 Å². The minimum absolute atomic E-state index is 0.147. The van der Waals surface area contributed by atoms with Crippen LogP contribution in [0.4, 0.5) is 0 Å². The largest absolute Gasteiger partial charge is 0.368 e. The number of nitrogens with zero attached hydrogens (tertiary/aromatic N) is 1. The summed E-state index contributed by atoms with van der Waals surface area (Å²) in [7, 11) is 0. The average Bonchev–Trinajstić information content (AvgIpc) is 3.02. The van der Waals surface area contributed by atoms with Crippen LogP contribution in [0.5, 0.6) is 0 Å². The Balaban J connectivity index is 2.07. The molecule has 0 radical (unpaired) electrons. The van der Waals surface area contributed by atoms with E-state index in [-0.39, 0.29) is 23.6 Å². The molecule has 2 aliphatic heterocycles. The van der Waals surface area contributed by atoms with E-state index < -0.39 is 24.0 Å². The molecule has 4 N–H and O–H groups in total. The Labute approximate surface area is 147 Å². The van der Waals surface area contributed by atoms with Gasteiger partial charge in [-0.1, -0.05) is 13.8 Å². The lowest BCUT2D eigenvalue weighted by molar-refractivity contribution is -0.141. The van der Waals surface area contributed by atoms with Crippen LogP contribution in [-0.2, 0) is 19.2 Å². The molecule has 2 fully saturated rings. The molecule has 2 saturated heterocycles. The molecule has 0 aromatic carbocycles. The first kappa shape index (κ1) is 19.2. The lowest BCUT2D eigenvalue weighted by Gasteiger charge is -2.30. The van der Waals surface area contributed by atoms with Gasteiger partial charge in [0.1, 0.15) is 18.1 Å². The zero-order valence-corrected chi connectivity index (χ0v) is 14.9. The highest BCUT2D eigenvalue weighted by atomic mass is 16.2. The Morgan fingerprint density at radius 3 is 2.60 bits per heavy atom. The van der Waals surface area contributed by atoms with Crippen molar-refractivity contribution in [2.75, 3.05) is 6.54 Å². The van der Waals surface area contributed by atoms with E-state index in [1.54, 1.807) is 0 Å². The molecule has 3 atom stereocenters. The van der Waals surface area contributed by atoms with E-state index in [1.165, 1.54) is 4.90 Å². The van der Waals surface area contributed by atoms with Crippen LogP contribution in [0.3, 0.4) is 0 Å². The number of hydrogen-bond acceptors (Lipinski definition) is 4. The summed E-state index contributed by atoms with van der Waals surface area (Å²) in [6, 6.07) is -1.92. The van der Waals surface area contributed by atoms with Crippen LogP contribution in [0.15, 0.2) is 0 Å². The number of likely N-dealkylation sites (tertiary alicyclic amines) is 1. The Hall–Kier alpha value is -2.12. The van der Waals surface area contributed by atoms with Crippen molar-refractivity contribution < 1.29 is 19.2 Å². The molecular weight excluding hydrogens is 324 g/mol. The normalized spacial score (nSPS) is 24.8. The Morgan fingerprint density at radius 2 is 2.00 bits per heavy atom. The maximum atomic E-state index is 12.9. The Kier molecular flexibility index (Phi) is 6.39. The molecular formula is C17H28N4O4. The number of piperidine rings is 1. The Morgan fingerprint density at radius 1 is 1.28 bits per heavy atom. The summed E-state index contributed by atoms with van der Waals surface area (Å²) < 4.78 is 0. The van der Waals surface area contributed by atoms with Crippen molar-refractivity contribution in [2.24, 2.45) is 11.7 Å². The van der Waals surface area contributed by atoms with Crippen molar-refractivity contribution in [1.82, 2.24) is 15.5 Å². The van der Waals surface area contributed by atoms with Gasteiger partial charge in [0.25, 0.3) is 0 Å². The van der Waals surface area contributed by atoms with Crippen LogP contribution in [0.1, 0.15) is 52.4 Å². The van der Waals surface area contributed by atoms with Gasteiger partial charge in [-0.2, -0.15) is 0 Å². The van der Waals surface area contributed by atoms with Gasteiger partial charge in [0.15, 0.2) is 0 Å². The van der Waals surface area contributed by atoms with E-state index in [4.69, 9.17) is 5.73 Å². The predicted octanol–water partition coefficient (Wildman–Crippen LogP) is -0.338. The van der Waals surface area contributed by atoms with Crippen molar-refractivity contribution in [3.63, 3.8) is 0 Å². The van der Waals surface area contributed by atoms with Crippen LogP contribution < -0.4 is 16.4 Å². The number of carbonyl (C=O) groups is 4. The molecule has 2 heterocycles. The van der Waals surface area contributed by atoms with E-state index in [9.17, 15) is 19.2 Å². The molecule has 4 amide bonds. The molecule has 0 spiro atoms. The quantitative estimate of drug-likeness (QED) is 0.605. The van der Waals surface area contributed by atoms with Gasteiger partial charge in [-0.05, 0) is 38.0 Å². The lowest BCUT2D eigenvalue weighted by atomic mass is 9.99. The van der Waals surface area contributed by atoms with Crippen LogP contribution in [0.2, 0.25) is 0 Å². The first-order valence-corrected chi connectivity index (χ1v) is 8.99. The fourth-order valence-corrected chi connectivity index (χ4v) is 3.49. The summed E-state index contributed by atoms with van der Waals surface area (Å²) in [6.07, 6.45) is 3.39. The van der Waals surface area contributed by atoms with E-state index in [0.29, 0.717) is 38.6 Å². The highest BCUT2D eigenvalue weighted by Crippen LogP contribution is 2.20. The van der Waals surface area contributed by atoms with E-state index in [0.717, 1.165) is 6.42 Å². The topological polar surface area (TPSA) is 122 Å². The molecule has 0 unspecified atom stereocenters. The zero-order valence-electron chi connectivity index (χ0n) is 14.9. The number of amides is 4. The highest BCUT2D eigenvalue weighted by molar-refractivity contribution is 5.94. The molecule has 8 heteroatoms. The van der Waals surface area contributed by atoms with Gasteiger partial charge in [-0.3, -0.25) is 19.2 Å². The second-order valence-corrected chi connectivity index (χ2v) is 7.30. The van der Waals surface area contributed by atoms with Gasteiger partial charge in [0.2, 0.25) is 23.6 Å². The van der Waals surface area contributed by atoms with E-state index in [1.807, 2.05) is 13.8 Å². The summed E-state index contributed by atoms with van der Waals surface area (Å²) in [5, 5.41) is 5.44. The first-order chi connectivity index (χ1) is 11.8. The average molecular weight is 352 g/mol. The second kappa shape index (κ2) is 8.31. The zero-order chi connectivity index (χ0) is 18.6. The van der Waals surface area contributed by atoms with Gasteiger partial charge in [-0.15, -0.1) is 0 Å². The number of rotatable bonds is 6. The summed E-state index contributed by atoms with van der Waals surface area (Å²) in [5.74, 6) is -1.09. The minimum Gasteiger partial charge on any atom is -0.368 e. The molecule has 2 aliphatic rings. The number of carbonyl (C=O) groups excluding carboxylic acids is 4. The predicted molar refractivity (Wildman–Crippen MR) is 91.1 cm³/mol. The van der Waals surface area contributed by atoms with Gasteiger partial charge >= 0.3 is 0 Å². The molecule has 2 rings (SSSR count). The number of primary amides is 1. The third kappa shape index (κ3) is 4.93. The molecule has 8 nitrogen and oxygen atoms in total. The highest BCUT2D eigenvalue weighted by Gasteiger charge is 2.37. The number of nitrogens with one attached hydrogen (secondary N) is 2.